The van der Waals surface area contributed by atoms with Gasteiger partial charge in [-0.3, -0.25) is 0 Å². The van der Waals surface area contributed by atoms with Crippen LogP contribution in [0.5, 0.6) is 5.75 Å². The van der Waals surface area contributed by atoms with Crippen LogP contribution in [0.15, 0.2) is 53.4 Å². The van der Waals surface area contributed by atoms with Gasteiger partial charge >= 0.3 is 0 Å². The minimum atomic E-state index is -3.39. The van der Waals surface area contributed by atoms with E-state index < -0.39 is 10.0 Å². The van der Waals surface area contributed by atoms with E-state index in [9.17, 15) is 8.42 Å². The first-order chi connectivity index (χ1) is 12.5. The lowest BCUT2D eigenvalue weighted by molar-refractivity contribution is 0.190. The van der Waals surface area contributed by atoms with E-state index in [2.05, 4.69) is 17.0 Å². The molecule has 0 N–H and O–H groups in total. The van der Waals surface area contributed by atoms with Gasteiger partial charge in [-0.1, -0.05) is 29.8 Å². The molecular weight excluding hydrogens is 348 g/mol. The number of piperazine rings is 1. The monoisotopic (exact) mass is 374 g/mol. The molecule has 0 aliphatic carbocycles. The zero-order chi connectivity index (χ0) is 18.6. The maximum Gasteiger partial charge on any atom is 0.243 e. The fourth-order valence-corrected chi connectivity index (χ4v) is 4.59. The van der Waals surface area contributed by atoms with Crippen LogP contribution in [0.4, 0.5) is 0 Å². The predicted octanol–water partition coefficient (Wildman–Crippen LogP) is 2.55. The average Bonchev–Trinajstić information content (AvgIpc) is 2.67. The van der Waals surface area contributed by atoms with Crippen molar-refractivity contribution in [2.45, 2.75) is 18.2 Å². The lowest BCUT2D eigenvalue weighted by atomic mass is 10.1. The Balaban J connectivity index is 1.54. The Bertz CT molecular complexity index is 826. The van der Waals surface area contributed by atoms with Gasteiger partial charge in [0.1, 0.15) is 5.75 Å². The minimum absolute atomic E-state index is 0.382. The molecule has 0 radical (unpaired) electrons. The lowest BCUT2D eigenvalue weighted by Crippen LogP contribution is -2.48. The Kier molecular flexibility index (Phi) is 5.96. The molecule has 5 nitrogen and oxygen atoms in total. The van der Waals surface area contributed by atoms with E-state index in [4.69, 9.17) is 4.74 Å². The van der Waals surface area contributed by atoms with Crippen molar-refractivity contribution in [2.24, 2.45) is 0 Å². The average molecular weight is 375 g/mol. The molecule has 0 amide bonds. The van der Waals surface area contributed by atoms with E-state index >= 15 is 0 Å². The third kappa shape index (κ3) is 4.44. The number of nitrogens with zero attached hydrogens (tertiary/aromatic N) is 2. The fraction of sp³-hybridized carbons (Fsp3) is 0.400. The predicted molar refractivity (Wildman–Crippen MR) is 103 cm³/mol. The van der Waals surface area contributed by atoms with Crippen LogP contribution in [0, 0.1) is 6.92 Å². The molecule has 1 heterocycles. The highest BCUT2D eigenvalue weighted by Gasteiger charge is 2.28. The van der Waals surface area contributed by atoms with Crippen molar-refractivity contribution < 1.29 is 13.2 Å². The summed E-state index contributed by atoms with van der Waals surface area (Å²) in [7, 11) is -1.71. The van der Waals surface area contributed by atoms with Crippen LogP contribution in [0.2, 0.25) is 0 Å². The van der Waals surface area contributed by atoms with Crippen LogP contribution in [0.3, 0.4) is 0 Å². The van der Waals surface area contributed by atoms with Crippen LogP contribution in [-0.2, 0) is 16.4 Å². The van der Waals surface area contributed by atoms with Gasteiger partial charge in [-0.2, -0.15) is 4.31 Å². The molecule has 26 heavy (non-hydrogen) atoms. The standard InChI is InChI=1S/C20H26N2O3S/c1-17-6-8-20(9-7-17)26(23,24)22-14-12-21(13-15-22)11-10-18-4-3-5-19(16-18)25-2/h3-9,16H,10-15H2,1-2H3. The van der Waals surface area contributed by atoms with E-state index in [0.29, 0.717) is 18.0 Å². The number of hydrogen-bond acceptors (Lipinski definition) is 4. The molecule has 1 aliphatic rings. The first kappa shape index (κ1) is 18.9. The van der Waals surface area contributed by atoms with E-state index in [0.717, 1.165) is 37.4 Å². The van der Waals surface area contributed by atoms with Gasteiger partial charge in [0.15, 0.2) is 0 Å². The molecule has 0 spiro atoms. The van der Waals surface area contributed by atoms with Crippen molar-refractivity contribution in [3.8, 4) is 5.75 Å². The van der Waals surface area contributed by atoms with Crippen LogP contribution in [0.25, 0.3) is 0 Å². The third-order valence-corrected chi connectivity index (χ3v) is 6.75. The number of ether oxygens (including phenoxy) is 1. The highest BCUT2D eigenvalue weighted by molar-refractivity contribution is 7.89. The van der Waals surface area contributed by atoms with Gasteiger partial charge in [-0.25, -0.2) is 8.42 Å². The first-order valence-electron chi connectivity index (χ1n) is 8.91. The molecule has 0 aromatic heterocycles. The van der Waals surface area contributed by atoms with Crippen molar-refractivity contribution in [3.05, 3.63) is 59.7 Å². The van der Waals surface area contributed by atoms with Gasteiger partial charge in [0, 0.05) is 32.7 Å². The van der Waals surface area contributed by atoms with E-state index in [-0.39, 0.29) is 0 Å². The van der Waals surface area contributed by atoms with E-state index in [1.807, 2.05) is 31.2 Å². The smallest absolute Gasteiger partial charge is 0.243 e. The summed E-state index contributed by atoms with van der Waals surface area (Å²) in [6.45, 7) is 5.47. The quantitative estimate of drug-likeness (QED) is 0.780. The molecule has 6 heteroatoms. The van der Waals surface area contributed by atoms with Crippen molar-refractivity contribution in [2.75, 3.05) is 39.8 Å². The zero-order valence-corrected chi connectivity index (χ0v) is 16.2. The Labute approximate surface area is 156 Å². The number of aryl methyl sites for hydroxylation is 1. The van der Waals surface area contributed by atoms with Gasteiger partial charge in [0.2, 0.25) is 10.0 Å². The summed E-state index contributed by atoms with van der Waals surface area (Å²) < 4.78 is 32.4. The molecule has 2 aromatic rings. The molecule has 140 valence electrons. The van der Waals surface area contributed by atoms with Gasteiger partial charge in [0.05, 0.1) is 12.0 Å². The molecule has 1 aliphatic heterocycles. The molecule has 3 rings (SSSR count). The maximum atomic E-state index is 12.7. The molecule has 0 atom stereocenters. The number of benzene rings is 2. The second kappa shape index (κ2) is 8.20. The van der Waals surface area contributed by atoms with Gasteiger partial charge in [-0.15, -0.1) is 0 Å². The largest absolute Gasteiger partial charge is 0.497 e. The molecule has 2 aromatic carbocycles. The third-order valence-electron chi connectivity index (χ3n) is 4.84. The topological polar surface area (TPSA) is 49.9 Å². The minimum Gasteiger partial charge on any atom is -0.497 e. The summed E-state index contributed by atoms with van der Waals surface area (Å²) in [6, 6.07) is 15.2. The lowest BCUT2D eigenvalue weighted by Gasteiger charge is -2.34. The van der Waals surface area contributed by atoms with E-state index in [1.54, 1.807) is 23.5 Å². The summed E-state index contributed by atoms with van der Waals surface area (Å²) in [4.78, 5) is 2.70. The molecular formula is C20H26N2O3S. The van der Waals surface area contributed by atoms with Gasteiger partial charge in [0.25, 0.3) is 0 Å². The number of rotatable bonds is 6. The summed E-state index contributed by atoms with van der Waals surface area (Å²) in [5.41, 5.74) is 2.30. The molecule has 0 bridgehead atoms. The number of sulfonamides is 1. The van der Waals surface area contributed by atoms with Crippen molar-refractivity contribution in [1.29, 1.82) is 0 Å². The highest BCUT2D eigenvalue weighted by atomic mass is 32.2. The second-order valence-corrected chi connectivity index (χ2v) is 8.60. The molecule has 0 unspecified atom stereocenters. The van der Waals surface area contributed by atoms with E-state index in [1.165, 1.54) is 5.56 Å². The molecule has 0 saturated carbocycles. The van der Waals surface area contributed by atoms with Gasteiger partial charge in [-0.05, 0) is 43.2 Å². The Morgan fingerprint density at radius 3 is 2.35 bits per heavy atom. The summed E-state index contributed by atoms with van der Waals surface area (Å²) in [5, 5.41) is 0. The number of hydrogen-bond donors (Lipinski definition) is 0. The SMILES string of the molecule is COc1cccc(CCN2CCN(S(=O)(=O)c3ccc(C)cc3)CC2)c1. The zero-order valence-electron chi connectivity index (χ0n) is 15.4. The molecule has 1 saturated heterocycles. The Morgan fingerprint density at radius 2 is 1.69 bits per heavy atom. The van der Waals surface area contributed by atoms with Crippen LogP contribution >= 0.6 is 0 Å². The van der Waals surface area contributed by atoms with Crippen molar-refractivity contribution >= 4 is 10.0 Å². The van der Waals surface area contributed by atoms with Crippen molar-refractivity contribution in [3.63, 3.8) is 0 Å². The Morgan fingerprint density at radius 1 is 1.00 bits per heavy atom. The van der Waals surface area contributed by atoms with Crippen molar-refractivity contribution in [1.82, 2.24) is 9.21 Å². The summed E-state index contributed by atoms with van der Waals surface area (Å²) >= 11 is 0. The van der Waals surface area contributed by atoms with Crippen LogP contribution in [-0.4, -0.2) is 57.5 Å². The van der Waals surface area contributed by atoms with Crippen LogP contribution in [0.1, 0.15) is 11.1 Å². The maximum absolute atomic E-state index is 12.7. The summed E-state index contributed by atoms with van der Waals surface area (Å²) in [6.07, 6.45) is 0.932. The second-order valence-electron chi connectivity index (χ2n) is 6.66. The normalized spacial score (nSPS) is 16.5. The number of methoxy groups -OCH3 is 1. The fourth-order valence-electron chi connectivity index (χ4n) is 3.17. The first-order valence-corrected chi connectivity index (χ1v) is 10.3. The Hall–Kier alpha value is -1.89. The van der Waals surface area contributed by atoms with Gasteiger partial charge < -0.3 is 9.64 Å². The molecule has 1 fully saturated rings. The van der Waals surface area contributed by atoms with Crippen LogP contribution < -0.4 is 4.74 Å². The summed E-state index contributed by atoms with van der Waals surface area (Å²) in [5.74, 6) is 0.872. The highest BCUT2D eigenvalue weighted by Crippen LogP contribution is 2.19.